The molecular weight excluding hydrogens is 1370 g/mol. The SMILES string of the molecule is CCCCCCCCCCCCCCCCCCCC(=O)O[C@H](COC(=O)CCCCCCCCCCC)COP(=O)(O)OC[C@H](O)COP(=O)(O)OC[C@@H](COC(=O)CCCCCCCCCCCCCCCCCC(C)C)OC(=O)CCCCCCCCCCCCCCCCCCCCC(C)C. The molecule has 624 valence electrons. The van der Waals surface area contributed by atoms with Gasteiger partial charge in [0.15, 0.2) is 12.2 Å². The molecule has 0 aliphatic heterocycles. The number of ether oxygens (including phenoxy) is 4. The van der Waals surface area contributed by atoms with Gasteiger partial charge in [-0.3, -0.25) is 37.3 Å². The predicted molar refractivity (Wildman–Crippen MR) is 432 cm³/mol. The third-order valence-corrected chi connectivity index (χ3v) is 22.1. The Bertz CT molecular complexity index is 2010. The summed E-state index contributed by atoms with van der Waals surface area (Å²) < 4.78 is 68.9. The van der Waals surface area contributed by atoms with Crippen LogP contribution in [0.1, 0.15) is 459 Å². The second-order valence-corrected chi connectivity index (χ2v) is 34.8. The van der Waals surface area contributed by atoms with Crippen LogP contribution in [-0.4, -0.2) is 96.7 Å². The van der Waals surface area contributed by atoms with Crippen molar-refractivity contribution in [3.63, 3.8) is 0 Å². The van der Waals surface area contributed by atoms with Gasteiger partial charge in [0.2, 0.25) is 0 Å². The molecule has 17 nitrogen and oxygen atoms in total. The van der Waals surface area contributed by atoms with Gasteiger partial charge in [-0.15, -0.1) is 0 Å². The van der Waals surface area contributed by atoms with Crippen molar-refractivity contribution >= 4 is 39.5 Å². The Morgan fingerprint density at radius 3 is 0.648 bits per heavy atom. The van der Waals surface area contributed by atoms with Crippen LogP contribution in [0.5, 0.6) is 0 Å². The van der Waals surface area contributed by atoms with Gasteiger partial charge in [-0.05, 0) is 37.5 Å². The summed E-state index contributed by atoms with van der Waals surface area (Å²) >= 11 is 0. The van der Waals surface area contributed by atoms with Crippen molar-refractivity contribution in [2.75, 3.05) is 39.6 Å². The van der Waals surface area contributed by atoms with E-state index in [1.165, 1.54) is 276 Å². The van der Waals surface area contributed by atoms with Crippen molar-refractivity contribution in [2.24, 2.45) is 11.8 Å². The molecule has 2 unspecified atom stereocenters. The minimum Gasteiger partial charge on any atom is -0.462 e. The first-order valence-corrected chi connectivity index (χ1v) is 47.5. The van der Waals surface area contributed by atoms with Crippen molar-refractivity contribution in [3.05, 3.63) is 0 Å². The Morgan fingerprint density at radius 2 is 0.438 bits per heavy atom. The van der Waals surface area contributed by atoms with Crippen molar-refractivity contribution in [1.29, 1.82) is 0 Å². The first kappa shape index (κ1) is 103. The van der Waals surface area contributed by atoms with Gasteiger partial charge in [0.05, 0.1) is 26.4 Å². The minimum atomic E-state index is -4.97. The highest BCUT2D eigenvalue weighted by atomic mass is 31.2. The minimum absolute atomic E-state index is 0.109. The molecule has 0 bridgehead atoms. The van der Waals surface area contributed by atoms with E-state index >= 15 is 0 Å². The summed E-state index contributed by atoms with van der Waals surface area (Å²) in [5.74, 6) is -0.476. The van der Waals surface area contributed by atoms with Crippen LogP contribution in [0.3, 0.4) is 0 Å². The van der Waals surface area contributed by atoms with Crippen LogP contribution in [-0.2, 0) is 65.4 Å². The molecule has 0 aliphatic rings. The predicted octanol–water partition coefficient (Wildman–Crippen LogP) is 26.2. The molecule has 0 amide bonds. The highest BCUT2D eigenvalue weighted by Crippen LogP contribution is 2.45. The molecule has 0 aromatic heterocycles. The van der Waals surface area contributed by atoms with Gasteiger partial charge in [0, 0.05) is 25.7 Å². The summed E-state index contributed by atoms with van der Waals surface area (Å²) in [5.41, 5.74) is 0. The molecule has 0 aromatic carbocycles. The van der Waals surface area contributed by atoms with E-state index in [1.807, 2.05) is 0 Å². The Morgan fingerprint density at radius 1 is 0.257 bits per heavy atom. The fourth-order valence-electron chi connectivity index (χ4n) is 13.4. The summed E-state index contributed by atoms with van der Waals surface area (Å²) in [5, 5.41) is 10.7. The van der Waals surface area contributed by atoms with Crippen molar-refractivity contribution in [2.45, 2.75) is 477 Å². The van der Waals surface area contributed by atoms with E-state index in [-0.39, 0.29) is 25.7 Å². The third kappa shape index (κ3) is 79.9. The quantitative estimate of drug-likeness (QED) is 0.0222. The topological polar surface area (TPSA) is 237 Å². The maximum absolute atomic E-state index is 13.1. The van der Waals surface area contributed by atoms with Crippen LogP contribution < -0.4 is 0 Å². The van der Waals surface area contributed by atoms with E-state index in [2.05, 4.69) is 41.5 Å². The Balaban J connectivity index is 5.21. The van der Waals surface area contributed by atoms with E-state index in [0.717, 1.165) is 102 Å². The normalized spacial score (nSPS) is 13.8. The molecule has 0 saturated heterocycles. The smallest absolute Gasteiger partial charge is 0.462 e. The second kappa shape index (κ2) is 77.4. The van der Waals surface area contributed by atoms with E-state index in [9.17, 15) is 43.2 Å². The van der Waals surface area contributed by atoms with Gasteiger partial charge < -0.3 is 33.8 Å². The zero-order valence-electron chi connectivity index (χ0n) is 69.0. The van der Waals surface area contributed by atoms with Crippen LogP contribution in [0.25, 0.3) is 0 Å². The average Bonchev–Trinajstić information content (AvgIpc) is 0.931. The number of hydrogen-bond acceptors (Lipinski definition) is 15. The maximum Gasteiger partial charge on any atom is 0.472 e. The number of aliphatic hydroxyl groups excluding tert-OH is 1. The van der Waals surface area contributed by atoms with E-state index < -0.39 is 97.5 Å². The zero-order chi connectivity index (χ0) is 77.1. The lowest BCUT2D eigenvalue weighted by Crippen LogP contribution is -2.30. The summed E-state index contributed by atoms with van der Waals surface area (Å²) in [6, 6.07) is 0. The molecule has 0 radical (unpaired) electrons. The van der Waals surface area contributed by atoms with Crippen molar-refractivity contribution < 1.29 is 80.2 Å². The average molecular weight is 1540 g/mol. The fourth-order valence-corrected chi connectivity index (χ4v) is 15.0. The Hall–Kier alpha value is -1.94. The number of phosphoric ester groups is 2. The van der Waals surface area contributed by atoms with Crippen LogP contribution in [0.15, 0.2) is 0 Å². The molecule has 5 atom stereocenters. The third-order valence-electron chi connectivity index (χ3n) is 20.2. The lowest BCUT2D eigenvalue weighted by molar-refractivity contribution is -0.161. The van der Waals surface area contributed by atoms with Gasteiger partial charge in [-0.25, -0.2) is 9.13 Å². The fraction of sp³-hybridized carbons (Fsp3) is 0.953. The highest BCUT2D eigenvalue weighted by Gasteiger charge is 2.30. The number of carbonyl (C=O) groups excluding carboxylic acids is 4. The number of aliphatic hydroxyl groups is 1. The first-order valence-electron chi connectivity index (χ1n) is 44.5. The van der Waals surface area contributed by atoms with Crippen molar-refractivity contribution in [1.82, 2.24) is 0 Å². The van der Waals surface area contributed by atoms with Gasteiger partial charge in [-0.2, -0.15) is 0 Å². The summed E-state index contributed by atoms with van der Waals surface area (Å²) in [7, 11) is -9.92. The highest BCUT2D eigenvalue weighted by molar-refractivity contribution is 7.47. The zero-order valence-corrected chi connectivity index (χ0v) is 70.8. The van der Waals surface area contributed by atoms with Crippen LogP contribution in [0, 0.1) is 11.8 Å². The molecular formula is C86H168O17P2. The second-order valence-electron chi connectivity index (χ2n) is 31.9. The summed E-state index contributed by atoms with van der Waals surface area (Å²) in [4.78, 5) is 73.2. The van der Waals surface area contributed by atoms with Gasteiger partial charge >= 0.3 is 39.5 Å². The van der Waals surface area contributed by atoms with Crippen LogP contribution >= 0.6 is 15.6 Å². The number of unbranched alkanes of at least 4 members (excludes halogenated alkanes) is 55. The lowest BCUT2D eigenvalue weighted by Gasteiger charge is -2.21. The number of carbonyl (C=O) groups is 4. The molecule has 0 saturated carbocycles. The summed E-state index contributed by atoms with van der Waals surface area (Å²) in [6.07, 6.45) is 69.4. The van der Waals surface area contributed by atoms with Gasteiger partial charge in [0.1, 0.15) is 19.3 Å². The van der Waals surface area contributed by atoms with Gasteiger partial charge in [-0.1, -0.05) is 408 Å². The Kier molecular flexibility index (Phi) is 76.0. The largest absolute Gasteiger partial charge is 0.472 e. The number of phosphoric acid groups is 2. The molecule has 0 rings (SSSR count). The molecule has 0 aliphatic carbocycles. The van der Waals surface area contributed by atoms with Crippen molar-refractivity contribution in [3.8, 4) is 0 Å². The van der Waals surface area contributed by atoms with E-state index in [4.69, 9.17) is 37.0 Å². The van der Waals surface area contributed by atoms with Crippen LogP contribution in [0.2, 0.25) is 0 Å². The monoisotopic (exact) mass is 1540 g/mol. The molecule has 0 aromatic rings. The molecule has 19 heteroatoms. The molecule has 3 N–H and O–H groups in total. The number of esters is 4. The Labute approximate surface area is 645 Å². The van der Waals surface area contributed by atoms with Gasteiger partial charge in [0.25, 0.3) is 0 Å². The molecule has 105 heavy (non-hydrogen) atoms. The first-order chi connectivity index (χ1) is 50.9. The lowest BCUT2D eigenvalue weighted by atomic mass is 10.0. The van der Waals surface area contributed by atoms with E-state index in [0.29, 0.717) is 25.7 Å². The maximum atomic E-state index is 13.1. The standard InChI is InChI=1S/C86H168O17P2/c1-7-9-11-13-15-17-18-19-20-23-29-35-40-46-52-58-64-70-85(90)102-81(74-96-83(88)68-62-56-50-42-16-14-12-10-8-2)76-100-104(92,93)98-72-80(87)73-99-105(94,95)101-77-82(75-97-84(89)69-63-57-51-45-39-34-31-26-28-33-38-44-49-55-61-67-79(5)6)103-86(91)71-65-59-53-47-41-36-30-25-22-21-24-27-32-37-43-48-54-60-66-78(3)4/h78-82,87H,7-77H2,1-6H3,(H,92,93)(H,94,95)/t80-,81+,82+/m0/s1. The summed E-state index contributed by atoms with van der Waals surface area (Å²) in [6.45, 7) is 9.72. The molecule has 0 heterocycles. The number of rotatable bonds is 85. The van der Waals surface area contributed by atoms with E-state index in [1.54, 1.807) is 0 Å². The van der Waals surface area contributed by atoms with Crippen LogP contribution in [0.4, 0.5) is 0 Å². The molecule has 0 fully saturated rings. The molecule has 0 spiro atoms. The number of hydrogen-bond donors (Lipinski definition) is 3.